The third kappa shape index (κ3) is 3.06. The minimum absolute atomic E-state index is 0.0447. The van der Waals surface area contributed by atoms with Gasteiger partial charge in [-0.2, -0.15) is 5.10 Å². The molecule has 2 aromatic heterocycles. The lowest BCUT2D eigenvalue weighted by Gasteiger charge is -2.39. The molecule has 0 saturated carbocycles. The number of rotatable bonds is 3. The van der Waals surface area contributed by atoms with Crippen LogP contribution in [0.15, 0.2) is 42.4 Å². The summed E-state index contributed by atoms with van der Waals surface area (Å²) < 4.78 is 1.88. The van der Waals surface area contributed by atoms with Crippen LogP contribution >= 0.6 is 8.58 Å². The van der Waals surface area contributed by atoms with Gasteiger partial charge in [-0.3, -0.25) is 14.7 Å². The standard InChI is InChI=1S/C23H27N6OP/c1-4-26-11-18-7-17(26)13-27(18)16-5-6-23-28(12-16)22(30)9-21(31-23)19-8-20-15(3)24-14(2)10-29(20)25-19/h5-6,8-10,12,17-18,23,31H,4,7,11,13H2,1-3H3/t17-,18-,23?/m0/s1. The molecule has 6 heterocycles. The summed E-state index contributed by atoms with van der Waals surface area (Å²) in [6.45, 7) is 9.55. The van der Waals surface area contributed by atoms with Crippen molar-refractivity contribution in [2.75, 3.05) is 19.6 Å². The lowest BCUT2D eigenvalue weighted by Crippen LogP contribution is -2.46. The fourth-order valence-corrected chi connectivity index (χ4v) is 6.79. The number of allylic oxidation sites excluding steroid dienone is 1. The minimum Gasteiger partial charge on any atom is -0.364 e. The number of nitrogens with zero attached hydrogens (tertiary/aromatic N) is 6. The minimum atomic E-state index is 0.0447. The summed E-state index contributed by atoms with van der Waals surface area (Å²) in [6, 6.07) is 3.28. The van der Waals surface area contributed by atoms with Crippen LogP contribution in [-0.2, 0) is 4.79 Å². The van der Waals surface area contributed by atoms with Gasteiger partial charge in [-0.25, -0.2) is 4.52 Å². The summed E-state index contributed by atoms with van der Waals surface area (Å²) in [4.78, 5) is 24.6. The van der Waals surface area contributed by atoms with E-state index in [-0.39, 0.29) is 11.7 Å². The zero-order valence-corrected chi connectivity index (χ0v) is 19.1. The third-order valence-corrected chi connectivity index (χ3v) is 8.45. The molecule has 8 heteroatoms. The fourth-order valence-electron chi connectivity index (χ4n) is 5.46. The number of hydrogen-bond donors (Lipinski definition) is 0. The molecule has 0 aromatic carbocycles. The molecule has 0 N–H and O–H groups in total. The molecule has 6 rings (SSSR count). The lowest BCUT2D eigenvalue weighted by molar-refractivity contribution is -0.123. The monoisotopic (exact) mass is 434 g/mol. The molecule has 160 valence electrons. The number of likely N-dealkylation sites (N-methyl/N-ethyl adjacent to an activating group) is 1. The number of likely N-dealkylation sites (tertiary alicyclic amines) is 2. The second kappa shape index (κ2) is 7.01. The first-order valence-electron chi connectivity index (χ1n) is 11.1. The molecule has 7 nitrogen and oxygen atoms in total. The van der Waals surface area contributed by atoms with Crippen LogP contribution < -0.4 is 0 Å². The van der Waals surface area contributed by atoms with Crippen molar-refractivity contribution >= 4 is 25.3 Å². The molecule has 2 bridgehead atoms. The number of aryl methyl sites for hydroxylation is 2. The second-order valence-electron chi connectivity index (χ2n) is 8.92. The molecule has 31 heavy (non-hydrogen) atoms. The number of carbonyl (C=O) groups excluding carboxylic acids is 1. The van der Waals surface area contributed by atoms with Gasteiger partial charge in [-0.1, -0.05) is 21.6 Å². The number of amides is 1. The topological polar surface area (TPSA) is 57.0 Å². The van der Waals surface area contributed by atoms with Gasteiger partial charge in [0, 0.05) is 42.8 Å². The van der Waals surface area contributed by atoms with Gasteiger partial charge >= 0.3 is 0 Å². The molecule has 1 amide bonds. The summed E-state index contributed by atoms with van der Waals surface area (Å²) in [7, 11) is 0.475. The quantitative estimate of drug-likeness (QED) is 0.696. The number of aromatic nitrogens is 3. The molecule has 0 spiro atoms. The van der Waals surface area contributed by atoms with E-state index in [2.05, 4.69) is 46.1 Å². The van der Waals surface area contributed by atoms with Crippen LogP contribution in [-0.4, -0.2) is 72.7 Å². The van der Waals surface area contributed by atoms with E-state index in [9.17, 15) is 4.79 Å². The van der Waals surface area contributed by atoms with E-state index in [1.54, 1.807) is 6.08 Å². The Hall–Kier alpha value is -2.50. The van der Waals surface area contributed by atoms with Crippen molar-refractivity contribution in [3.8, 4) is 0 Å². The van der Waals surface area contributed by atoms with Crippen LogP contribution in [0.5, 0.6) is 0 Å². The summed E-state index contributed by atoms with van der Waals surface area (Å²) in [6.07, 6.45) is 11.5. The molecule has 4 aliphatic rings. The van der Waals surface area contributed by atoms with Crippen LogP contribution in [0.2, 0.25) is 0 Å². The first kappa shape index (κ1) is 19.2. The summed E-state index contributed by atoms with van der Waals surface area (Å²) in [5.41, 5.74) is 4.94. The van der Waals surface area contributed by atoms with Crippen LogP contribution in [0.4, 0.5) is 0 Å². The molecular formula is C23H27N6OP. The maximum atomic E-state index is 13.1. The summed E-state index contributed by atoms with van der Waals surface area (Å²) >= 11 is 0. The zero-order valence-electron chi connectivity index (χ0n) is 18.1. The highest BCUT2D eigenvalue weighted by molar-refractivity contribution is 7.51. The maximum Gasteiger partial charge on any atom is 0.252 e. The summed E-state index contributed by atoms with van der Waals surface area (Å²) in [5, 5.41) is 5.76. The molecule has 2 fully saturated rings. The Bertz CT molecular complexity index is 1180. The van der Waals surface area contributed by atoms with Gasteiger partial charge in [0.2, 0.25) is 0 Å². The van der Waals surface area contributed by atoms with Crippen molar-refractivity contribution < 1.29 is 4.79 Å². The zero-order chi connectivity index (χ0) is 21.3. The van der Waals surface area contributed by atoms with Gasteiger partial charge in [-0.05, 0) is 39.0 Å². The van der Waals surface area contributed by atoms with Gasteiger partial charge in [0.1, 0.15) is 0 Å². The third-order valence-electron chi connectivity index (χ3n) is 6.97. The Balaban J connectivity index is 1.26. The molecular weight excluding hydrogens is 407 g/mol. The molecule has 4 atom stereocenters. The highest BCUT2D eigenvalue weighted by atomic mass is 31.1. The van der Waals surface area contributed by atoms with Crippen molar-refractivity contribution in [3.05, 3.63) is 59.5 Å². The SMILES string of the molecule is CCN1C[C@@H]2C[C@H]1CN2C1=CN2C(=O)C=C(c3cc4c(C)nc(C)cn4n3)PC2C=C1. The van der Waals surface area contributed by atoms with E-state index in [0.29, 0.717) is 20.7 Å². The van der Waals surface area contributed by atoms with E-state index < -0.39 is 0 Å². The second-order valence-corrected chi connectivity index (χ2v) is 10.3. The maximum absolute atomic E-state index is 13.1. The van der Waals surface area contributed by atoms with Crippen molar-refractivity contribution in [2.24, 2.45) is 0 Å². The van der Waals surface area contributed by atoms with Crippen molar-refractivity contribution in [1.29, 1.82) is 0 Å². The number of piperazine rings is 1. The van der Waals surface area contributed by atoms with Gasteiger partial charge in [0.05, 0.1) is 40.3 Å². The largest absolute Gasteiger partial charge is 0.364 e. The average Bonchev–Trinajstić information content (AvgIpc) is 3.47. The number of hydrogen-bond acceptors (Lipinski definition) is 5. The van der Waals surface area contributed by atoms with Gasteiger partial charge in [0.15, 0.2) is 0 Å². The van der Waals surface area contributed by atoms with E-state index in [1.807, 2.05) is 29.5 Å². The Morgan fingerprint density at radius 2 is 2.10 bits per heavy atom. The molecule has 4 aliphatic heterocycles. The van der Waals surface area contributed by atoms with Gasteiger partial charge in [0.25, 0.3) is 5.91 Å². The van der Waals surface area contributed by atoms with E-state index in [0.717, 1.165) is 47.5 Å². The molecule has 0 aliphatic carbocycles. The van der Waals surface area contributed by atoms with Crippen LogP contribution in [0.1, 0.15) is 30.4 Å². The van der Waals surface area contributed by atoms with Crippen LogP contribution in [0.3, 0.4) is 0 Å². The predicted molar refractivity (Wildman–Crippen MR) is 123 cm³/mol. The summed E-state index contributed by atoms with van der Waals surface area (Å²) in [5.74, 6) is 0.122. The first-order valence-corrected chi connectivity index (χ1v) is 12.1. The molecule has 2 saturated heterocycles. The van der Waals surface area contributed by atoms with Crippen molar-refractivity contribution in [3.63, 3.8) is 0 Å². The normalized spacial score (nSPS) is 28.6. The van der Waals surface area contributed by atoms with E-state index >= 15 is 0 Å². The Kier molecular flexibility index (Phi) is 4.34. The Morgan fingerprint density at radius 3 is 2.87 bits per heavy atom. The van der Waals surface area contributed by atoms with Gasteiger partial charge in [-0.15, -0.1) is 0 Å². The highest BCUT2D eigenvalue weighted by Gasteiger charge is 2.43. The molecule has 0 radical (unpaired) electrons. The Labute approximate surface area is 183 Å². The molecule has 2 unspecified atom stereocenters. The van der Waals surface area contributed by atoms with E-state index in [1.165, 1.54) is 12.1 Å². The fraction of sp³-hybridized carbons (Fsp3) is 0.435. The predicted octanol–water partition coefficient (Wildman–Crippen LogP) is 2.72. The van der Waals surface area contributed by atoms with Crippen LogP contribution in [0, 0.1) is 13.8 Å². The van der Waals surface area contributed by atoms with Crippen LogP contribution in [0.25, 0.3) is 10.8 Å². The van der Waals surface area contributed by atoms with Crippen molar-refractivity contribution in [1.82, 2.24) is 29.3 Å². The van der Waals surface area contributed by atoms with Gasteiger partial charge < -0.3 is 9.80 Å². The number of fused-ring (bicyclic) bond motifs is 4. The number of carbonyl (C=O) groups is 1. The highest BCUT2D eigenvalue weighted by Crippen LogP contribution is 2.45. The van der Waals surface area contributed by atoms with Crippen molar-refractivity contribution in [2.45, 2.75) is 45.1 Å². The first-order chi connectivity index (χ1) is 15.0. The lowest BCUT2D eigenvalue weighted by atomic mass is 10.2. The smallest absolute Gasteiger partial charge is 0.252 e. The Morgan fingerprint density at radius 1 is 1.23 bits per heavy atom. The molecule has 2 aromatic rings. The van der Waals surface area contributed by atoms with E-state index in [4.69, 9.17) is 5.10 Å². The average molecular weight is 434 g/mol.